The van der Waals surface area contributed by atoms with Gasteiger partial charge < -0.3 is 10.6 Å². The number of guanidine groups is 1. The van der Waals surface area contributed by atoms with E-state index in [1.807, 2.05) is 37.3 Å². The number of thioether (sulfide) groups is 1. The minimum atomic E-state index is -3.19. The molecule has 0 spiro atoms. The molecular formula is C16H27IN4O2S2. The Morgan fingerprint density at radius 3 is 2.52 bits per heavy atom. The summed E-state index contributed by atoms with van der Waals surface area (Å²) in [5, 5.41) is 6.37. The van der Waals surface area contributed by atoms with E-state index in [1.165, 1.54) is 0 Å². The second-order valence-corrected chi connectivity index (χ2v) is 8.92. The molecule has 1 atom stereocenters. The van der Waals surface area contributed by atoms with Crippen LogP contribution in [0.25, 0.3) is 0 Å². The van der Waals surface area contributed by atoms with Crippen LogP contribution in [-0.4, -0.2) is 62.6 Å². The molecule has 9 heteroatoms. The number of benzene rings is 1. The molecule has 0 radical (unpaired) electrons. The van der Waals surface area contributed by atoms with Crippen LogP contribution in [0.4, 0.5) is 0 Å². The summed E-state index contributed by atoms with van der Waals surface area (Å²) in [4.78, 5) is 4.17. The molecular weight excluding hydrogens is 471 g/mol. The van der Waals surface area contributed by atoms with Gasteiger partial charge in [0.1, 0.15) is 0 Å². The van der Waals surface area contributed by atoms with Gasteiger partial charge in [-0.1, -0.05) is 30.3 Å². The first-order chi connectivity index (χ1) is 11.5. The Labute approximate surface area is 172 Å². The molecule has 6 nitrogen and oxygen atoms in total. The summed E-state index contributed by atoms with van der Waals surface area (Å²) in [6.45, 7) is 3.62. The maximum absolute atomic E-state index is 12.3. The van der Waals surface area contributed by atoms with Crippen LogP contribution < -0.4 is 10.6 Å². The van der Waals surface area contributed by atoms with Crippen LogP contribution >= 0.6 is 35.7 Å². The first kappa shape index (κ1) is 22.5. The molecule has 1 heterocycles. The molecule has 0 bridgehead atoms. The summed E-state index contributed by atoms with van der Waals surface area (Å²) in [5.74, 6) is 2.45. The third kappa shape index (κ3) is 7.32. The molecule has 1 aromatic carbocycles. The standard InChI is InChI=1S/C16H26N4O2S2.HI/c1-14(15-6-4-3-5-7-15)19-16(17-2)18-8-13-24(21,22)20-9-11-23-12-10-20;/h3-7,14H,8-13H2,1-2H3,(H2,17,18,19);1H. The average molecular weight is 498 g/mol. The van der Waals surface area contributed by atoms with E-state index >= 15 is 0 Å². The van der Waals surface area contributed by atoms with Crippen molar-refractivity contribution < 1.29 is 8.42 Å². The highest BCUT2D eigenvalue weighted by molar-refractivity contribution is 14.0. The van der Waals surface area contributed by atoms with E-state index in [4.69, 9.17) is 0 Å². The molecule has 2 N–H and O–H groups in total. The largest absolute Gasteiger partial charge is 0.355 e. The number of nitrogens with zero attached hydrogens (tertiary/aromatic N) is 2. The molecule has 1 fully saturated rings. The quantitative estimate of drug-likeness (QED) is 0.356. The fourth-order valence-electron chi connectivity index (χ4n) is 2.48. The molecule has 0 amide bonds. The van der Waals surface area contributed by atoms with E-state index < -0.39 is 10.0 Å². The van der Waals surface area contributed by atoms with Crippen LogP contribution in [0.3, 0.4) is 0 Å². The zero-order valence-corrected chi connectivity index (χ0v) is 18.6. The average Bonchev–Trinajstić information content (AvgIpc) is 2.62. The van der Waals surface area contributed by atoms with Gasteiger partial charge in [0.2, 0.25) is 10.0 Å². The predicted octanol–water partition coefficient (Wildman–Crippen LogP) is 1.91. The van der Waals surface area contributed by atoms with Crippen LogP contribution in [0.15, 0.2) is 35.3 Å². The van der Waals surface area contributed by atoms with Gasteiger partial charge in [0.25, 0.3) is 0 Å². The molecule has 1 saturated heterocycles. The maximum Gasteiger partial charge on any atom is 0.215 e. The lowest BCUT2D eigenvalue weighted by atomic mass is 10.1. The van der Waals surface area contributed by atoms with Crippen LogP contribution in [0.5, 0.6) is 0 Å². The molecule has 1 aromatic rings. The minimum absolute atomic E-state index is 0. The normalized spacial score (nSPS) is 17.4. The van der Waals surface area contributed by atoms with Gasteiger partial charge in [0, 0.05) is 38.2 Å². The van der Waals surface area contributed by atoms with Crippen molar-refractivity contribution in [3.63, 3.8) is 0 Å². The molecule has 0 aliphatic carbocycles. The highest BCUT2D eigenvalue weighted by Crippen LogP contribution is 2.13. The zero-order chi connectivity index (χ0) is 17.4. The lowest BCUT2D eigenvalue weighted by molar-refractivity contribution is 0.443. The van der Waals surface area contributed by atoms with E-state index in [1.54, 1.807) is 23.1 Å². The molecule has 142 valence electrons. The fourth-order valence-corrected chi connectivity index (χ4v) is 4.97. The number of hydrogen-bond acceptors (Lipinski definition) is 4. The van der Waals surface area contributed by atoms with Crippen molar-refractivity contribution in [2.75, 3.05) is 43.9 Å². The monoisotopic (exact) mass is 498 g/mol. The Kier molecular flexibility index (Phi) is 10.1. The first-order valence-corrected chi connectivity index (χ1v) is 10.9. The van der Waals surface area contributed by atoms with Crippen molar-refractivity contribution in [3.05, 3.63) is 35.9 Å². The van der Waals surface area contributed by atoms with Gasteiger partial charge in [-0.15, -0.1) is 24.0 Å². The SMILES string of the molecule is CN=C(NCCS(=O)(=O)N1CCSCC1)NC(C)c1ccccc1.I. The van der Waals surface area contributed by atoms with Gasteiger partial charge in [0.05, 0.1) is 11.8 Å². The Hall–Kier alpha value is -0.520. The van der Waals surface area contributed by atoms with E-state index in [-0.39, 0.29) is 35.8 Å². The van der Waals surface area contributed by atoms with Crippen molar-refractivity contribution >= 4 is 51.7 Å². The van der Waals surface area contributed by atoms with Gasteiger partial charge in [-0.05, 0) is 12.5 Å². The van der Waals surface area contributed by atoms with Crippen LogP contribution in [-0.2, 0) is 10.0 Å². The maximum atomic E-state index is 12.3. The van der Waals surface area contributed by atoms with Gasteiger partial charge in [-0.25, -0.2) is 12.7 Å². The van der Waals surface area contributed by atoms with E-state index in [2.05, 4.69) is 15.6 Å². The molecule has 0 aromatic heterocycles. The highest BCUT2D eigenvalue weighted by atomic mass is 127. The summed E-state index contributed by atoms with van der Waals surface area (Å²) in [6.07, 6.45) is 0. The Morgan fingerprint density at radius 1 is 1.28 bits per heavy atom. The van der Waals surface area contributed by atoms with Gasteiger partial charge in [0.15, 0.2) is 5.96 Å². The van der Waals surface area contributed by atoms with Crippen LogP contribution in [0.2, 0.25) is 0 Å². The van der Waals surface area contributed by atoms with E-state index in [0.717, 1.165) is 17.1 Å². The second-order valence-electron chi connectivity index (χ2n) is 5.60. The Balaban J connectivity index is 0.00000312. The molecule has 1 aliphatic heterocycles. The van der Waals surface area contributed by atoms with Crippen LogP contribution in [0.1, 0.15) is 18.5 Å². The Morgan fingerprint density at radius 2 is 1.92 bits per heavy atom. The topological polar surface area (TPSA) is 73.8 Å². The summed E-state index contributed by atoms with van der Waals surface area (Å²) in [7, 11) is -1.51. The molecule has 25 heavy (non-hydrogen) atoms. The Bertz CT molecular complexity index is 635. The van der Waals surface area contributed by atoms with Gasteiger partial charge in [-0.3, -0.25) is 4.99 Å². The summed E-state index contributed by atoms with van der Waals surface area (Å²) >= 11 is 1.80. The van der Waals surface area contributed by atoms with Gasteiger partial charge in [-0.2, -0.15) is 11.8 Å². The second kappa shape index (κ2) is 11.2. The number of halogens is 1. The van der Waals surface area contributed by atoms with Gasteiger partial charge >= 0.3 is 0 Å². The third-order valence-electron chi connectivity index (χ3n) is 3.89. The highest BCUT2D eigenvalue weighted by Gasteiger charge is 2.23. The lowest BCUT2D eigenvalue weighted by Gasteiger charge is -2.26. The molecule has 1 unspecified atom stereocenters. The summed E-state index contributed by atoms with van der Waals surface area (Å²) in [6, 6.07) is 10.1. The zero-order valence-electron chi connectivity index (χ0n) is 14.6. The summed E-state index contributed by atoms with van der Waals surface area (Å²) < 4.78 is 26.2. The predicted molar refractivity (Wildman–Crippen MR) is 117 cm³/mol. The number of sulfonamides is 1. The molecule has 1 aliphatic rings. The number of nitrogens with one attached hydrogen (secondary N) is 2. The van der Waals surface area contributed by atoms with Crippen molar-refractivity contribution in [1.29, 1.82) is 0 Å². The van der Waals surface area contributed by atoms with E-state index in [0.29, 0.717) is 25.6 Å². The number of rotatable bonds is 6. The number of aliphatic imine (C=N–C) groups is 1. The third-order valence-corrected chi connectivity index (χ3v) is 6.71. The van der Waals surface area contributed by atoms with E-state index in [9.17, 15) is 8.42 Å². The minimum Gasteiger partial charge on any atom is -0.355 e. The van der Waals surface area contributed by atoms with Crippen molar-refractivity contribution in [1.82, 2.24) is 14.9 Å². The lowest BCUT2D eigenvalue weighted by Crippen LogP contribution is -2.44. The van der Waals surface area contributed by atoms with Crippen molar-refractivity contribution in [2.45, 2.75) is 13.0 Å². The van der Waals surface area contributed by atoms with Crippen LogP contribution in [0, 0.1) is 0 Å². The smallest absolute Gasteiger partial charge is 0.215 e. The van der Waals surface area contributed by atoms with Crippen molar-refractivity contribution in [2.24, 2.45) is 4.99 Å². The first-order valence-electron chi connectivity index (χ1n) is 8.10. The summed E-state index contributed by atoms with van der Waals surface area (Å²) in [5.41, 5.74) is 1.15. The number of hydrogen-bond donors (Lipinski definition) is 2. The fraction of sp³-hybridized carbons (Fsp3) is 0.562. The van der Waals surface area contributed by atoms with Crippen molar-refractivity contribution in [3.8, 4) is 0 Å². The molecule has 0 saturated carbocycles. The molecule has 2 rings (SSSR count).